The predicted octanol–water partition coefficient (Wildman–Crippen LogP) is 2.99. The highest BCUT2D eigenvalue weighted by molar-refractivity contribution is 7.13. The van der Waals surface area contributed by atoms with Gasteiger partial charge < -0.3 is 10.4 Å². The molecular weight excluding hydrogens is 242 g/mol. The maximum atomic E-state index is 10.8. The van der Waals surface area contributed by atoms with Crippen LogP contribution in [0.4, 0.5) is 0 Å². The number of rotatable bonds is 2. The van der Waals surface area contributed by atoms with Gasteiger partial charge in [0.25, 0.3) is 0 Å². The molecule has 1 aromatic heterocycles. The molecule has 3 rings (SSSR count). The van der Waals surface area contributed by atoms with Crippen LogP contribution in [0.3, 0.4) is 0 Å². The fourth-order valence-corrected chi connectivity index (χ4v) is 3.60. The average molecular weight is 259 g/mol. The summed E-state index contributed by atoms with van der Waals surface area (Å²) in [5.41, 5.74) is 1.64. The quantitative estimate of drug-likeness (QED) is 0.869. The Morgan fingerprint density at radius 2 is 1.78 bits per heavy atom. The first-order chi connectivity index (χ1) is 8.80. The number of aliphatic hydroxyl groups is 1. The maximum Gasteiger partial charge on any atom is 0.0934 e. The smallest absolute Gasteiger partial charge is 0.0934 e. The van der Waals surface area contributed by atoms with Crippen molar-refractivity contribution in [1.29, 1.82) is 0 Å². The van der Waals surface area contributed by atoms with Gasteiger partial charge in [0.2, 0.25) is 0 Å². The molecule has 1 aliphatic heterocycles. The van der Waals surface area contributed by atoms with Gasteiger partial charge in [-0.2, -0.15) is 0 Å². The summed E-state index contributed by atoms with van der Waals surface area (Å²) in [7, 11) is 0. The Morgan fingerprint density at radius 1 is 1.06 bits per heavy atom. The first-order valence-corrected chi connectivity index (χ1v) is 7.24. The Labute approximate surface area is 111 Å². The van der Waals surface area contributed by atoms with E-state index in [1.54, 1.807) is 11.3 Å². The number of piperidine rings is 1. The second-order valence-electron chi connectivity index (χ2n) is 4.81. The van der Waals surface area contributed by atoms with Gasteiger partial charge in [0.15, 0.2) is 0 Å². The lowest BCUT2D eigenvalue weighted by molar-refractivity contribution is 0.00682. The van der Waals surface area contributed by atoms with Gasteiger partial charge in [-0.05, 0) is 42.9 Å². The molecule has 2 N–H and O–H groups in total. The molecule has 0 aliphatic carbocycles. The van der Waals surface area contributed by atoms with Gasteiger partial charge in [-0.15, -0.1) is 11.3 Å². The van der Waals surface area contributed by atoms with Crippen LogP contribution in [0, 0.1) is 0 Å². The Balaban J connectivity index is 2.01. The molecule has 1 aromatic carbocycles. The molecule has 1 saturated heterocycles. The predicted molar refractivity (Wildman–Crippen MR) is 75.8 cm³/mol. The van der Waals surface area contributed by atoms with E-state index in [9.17, 15) is 5.11 Å². The maximum absolute atomic E-state index is 10.8. The van der Waals surface area contributed by atoms with E-state index in [-0.39, 0.29) is 0 Å². The summed E-state index contributed by atoms with van der Waals surface area (Å²) in [6.07, 6.45) is 1.59. The van der Waals surface area contributed by atoms with Crippen molar-refractivity contribution in [1.82, 2.24) is 5.32 Å². The lowest BCUT2D eigenvalue weighted by Crippen LogP contribution is -2.39. The average Bonchev–Trinajstić information content (AvgIpc) is 2.91. The van der Waals surface area contributed by atoms with Gasteiger partial charge in [0, 0.05) is 10.4 Å². The van der Waals surface area contributed by atoms with Crippen molar-refractivity contribution < 1.29 is 5.11 Å². The van der Waals surface area contributed by atoms with Crippen molar-refractivity contribution in [2.45, 2.75) is 18.4 Å². The van der Waals surface area contributed by atoms with E-state index in [1.807, 2.05) is 18.2 Å². The summed E-state index contributed by atoms with van der Waals surface area (Å²) >= 11 is 1.71. The third-order valence-corrected chi connectivity index (χ3v) is 4.60. The molecule has 0 radical (unpaired) electrons. The molecule has 2 aromatic rings. The van der Waals surface area contributed by atoms with Crippen molar-refractivity contribution in [2.75, 3.05) is 13.1 Å². The third-order valence-electron chi connectivity index (χ3n) is 3.63. The molecule has 2 heterocycles. The minimum atomic E-state index is -0.656. The monoisotopic (exact) mass is 259 g/mol. The second kappa shape index (κ2) is 4.84. The van der Waals surface area contributed by atoms with Crippen LogP contribution in [-0.2, 0) is 5.60 Å². The molecular formula is C15H17NOS. The molecule has 3 heteroatoms. The Bertz CT molecular complexity index is 514. The minimum Gasteiger partial charge on any atom is -0.385 e. The normalized spacial score (nSPS) is 18.7. The van der Waals surface area contributed by atoms with E-state index < -0.39 is 5.60 Å². The highest BCUT2D eigenvalue weighted by Gasteiger charge is 2.33. The van der Waals surface area contributed by atoms with Crippen molar-refractivity contribution in [3.63, 3.8) is 0 Å². The zero-order valence-electron chi connectivity index (χ0n) is 10.2. The molecule has 0 saturated carbocycles. The number of hydrogen-bond acceptors (Lipinski definition) is 3. The molecule has 94 valence electrons. The lowest BCUT2D eigenvalue weighted by atomic mass is 9.84. The first kappa shape index (κ1) is 11.9. The van der Waals surface area contributed by atoms with Crippen molar-refractivity contribution in [3.05, 3.63) is 47.3 Å². The van der Waals surface area contributed by atoms with Gasteiger partial charge >= 0.3 is 0 Å². The van der Waals surface area contributed by atoms with E-state index in [4.69, 9.17) is 0 Å². The zero-order chi connectivity index (χ0) is 12.4. The lowest BCUT2D eigenvalue weighted by Gasteiger charge is -2.33. The van der Waals surface area contributed by atoms with Crippen molar-refractivity contribution >= 4 is 11.3 Å². The summed E-state index contributed by atoms with van der Waals surface area (Å²) in [6, 6.07) is 12.4. The molecule has 1 aliphatic rings. The van der Waals surface area contributed by atoms with Crippen LogP contribution in [0.25, 0.3) is 10.4 Å². The van der Waals surface area contributed by atoms with Crippen LogP contribution in [0.5, 0.6) is 0 Å². The van der Waals surface area contributed by atoms with E-state index in [0.29, 0.717) is 0 Å². The van der Waals surface area contributed by atoms with Crippen LogP contribution in [0.1, 0.15) is 18.4 Å². The largest absolute Gasteiger partial charge is 0.385 e. The number of benzene rings is 1. The number of hydrogen-bond donors (Lipinski definition) is 2. The van der Waals surface area contributed by atoms with Crippen LogP contribution < -0.4 is 5.32 Å². The molecule has 1 fully saturated rings. The highest BCUT2D eigenvalue weighted by atomic mass is 32.1. The molecule has 0 atom stereocenters. The van der Waals surface area contributed by atoms with E-state index in [0.717, 1.165) is 31.5 Å². The molecule has 0 amide bonds. The highest BCUT2D eigenvalue weighted by Crippen LogP contribution is 2.40. The van der Waals surface area contributed by atoms with E-state index in [1.165, 1.54) is 10.4 Å². The van der Waals surface area contributed by atoms with Crippen molar-refractivity contribution in [3.8, 4) is 10.4 Å². The van der Waals surface area contributed by atoms with Gasteiger partial charge in [-0.3, -0.25) is 0 Å². The first-order valence-electron chi connectivity index (χ1n) is 6.36. The fourth-order valence-electron chi connectivity index (χ4n) is 2.60. The fraction of sp³-hybridized carbons (Fsp3) is 0.333. The standard InChI is InChI=1S/C15H17NOS/c17-15(7-9-16-10-8-15)13-6-11-18-14(13)12-4-2-1-3-5-12/h1-6,11,16-17H,7-10H2. The second-order valence-corrected chi connectivity index (χ2v) is 5.73. The van der Waals surface area contributed by atoms with E-state index >= 15 is 0 Å². The Morgan fingerprint density at radius 3 is 2.50 bits per heavy atom. The number of thiophene rings is 1. The topological polar surface area (TPSA) is 32.3 Å². The van der Waals surface area contributed by atoms with Crippen LogP contribution in [0.15, 0.2) is 41.8 Å². The van der Waals surface area contributed by atoms with Gasteiger partial charge in [0.05, 0.1) is 5.60 Å². The summed E-state index contributed by atoms with van der Waals surface area (Å²) in [5.74, 6) is 0. The minimum absolute atomic E-state index is 0.656. The molecule has 0 bridgehead atoms. The summed E-state index contributed by atoms with van der Waals surface area (Å²) in [5, 5.41) is 16.2. The third kappa shape index (κ3) is 2.09. The molecule has 18 heavy (non-hydrogen) atoms. The van der Waals surface area contributed by atoms with Crippen LogP contribution in [0.2, 0.25) is 0 Å². The van der Waals surface area contributed by atoms with Crippen molar-refractivity contribution in [2.24, 2.45) is 0 Å². The molecule has 2 nitrogen and oxygen atoms in total. The zero-order valence-corrected chi connectivity index (χ0v) is 11.0. The summed E-state index contributed by atoms with van der Waals surface area (Å²) in [4.78, 5) is 1.21. The Hall–Kier alpha value is -1.16. The van der Waals surface area contributed by atoms with Gasteiger partial charge in [-0.25, -0.2) is 0 Å². The SMILES string of the molecule is OC1(c2ccsc2-c2ccccc2)CCNCC1. The van der Waals surface area contributed by atoms with Crippen LogP contribution >= 0.6 is 11.3 Å². The molecule has 0 unspecified atom stereocenters. The molecule has 0 spiro atoms. The summed E-state index contributed by atoms with van der Waals surface area (Å²) in [6.45, 7) is 1.78. The van der Waals surface area contributed by atoms with Crippen LogP contribution in [-0.4, -0.2) is 18.2 Å². The number of nitrogens with one attached hydrogen (secondary N) is 1. The summed E-state index contributed by atoms with van der Waals surface area (Å²) < 4.78 is 0. The van der Waals surface area contributed by atoms with Gasteiger partial charge in [-0.1, -0.05) is 30.3 Å². The van der Waals surface area contributed by atoms with E-state index in [2.05, 4.69) is 28.9 Å². The Kier molecular flexibility index (Phi) is 3.20. The van der Waals surface area contributed by atoms with Gasteiger partial charge in [0.1, 0.15) is 0 Å².